The van der Waals surface area contributed by atoms with Crippen LogP contribution in [0.1, 0.15) is 16.1 Å². The maximum absolute atomic E-state index is 5.22. The average Bonchev–Trinajstić information content (AvgIpc) is 2.98. The molecule has 0 saturated carbocycles. The van der Waals surface area contributed by atoms with Crippen molar-refractivity contribution in [2.24, 2.45) is 0 Å². The highest BCUT2D eigenvalue weighted by molar-refractivity contribution is 9.11. The molecule has 20 heavy (non-hydrogen) atoms. The Morgan fingerprint density at radius 2 is 2.30 bits per heavy atom. The number of thiophene rings is 1. The van der Waals surface area contributed by atoms with Crippen LogP contribution in [0.4, 0.5) is 5.13 Å². The zero-order valence-electron chi connectivity index (χ0n) is 11.8. The van der Waals surface area contributed by atoms with Gasteiger partial charge in [-0.05, 0) is 40.0 Å². The molecule has 0 fully saturated rings. The summed E-state index contributed by atoms with van der Waals surface area (Å²) in [4.78, 5) is 8.11. The smallest absolute Gasteiger partial charge is 0.185 e. The summed E-state index contributed by atoms with van der Waals surface area (Å²) in [5.41, 5.74) is 2.32. The predicted molar refractivity (Wildman–Crippen MR) is 89.7 cm³/mol. The first-order valence-electron chi connectivity index (χ1n) is 6.20. The second-order valence-electron chi connectivity index (χ2n) is 4.44. The van der Waals surface area contributed by atoms with Crippen LogP contribution < -0.4 is 10.2 Å². The van der Waals surface area contributed by atoms with Gasteiger partial charge in [0.05, 0.1) is 16.1 Å². The maximum Gasteiger partial charge on any atom is 0.185 e. The second kappa shape index (κ2) is 7.51. The first kappa shape index (κ1) is 15.9. The maximum atomic E-state index is 5.22. The molecule has 7 heteroatoms. The van der Waals surface area contributed by atoms with Gasteiger partial charge >= 0.3 is 0 Å². The first-order valence-corrected chi connectivity index (χ1v) is 8.69. The van der Waals surface area contributed by atoms with E-state index in [-0.39, 0.29) is 0 Å². The molecule has 0 aromatic carbocycles. The fraction of sp³-hybridized carbons (Fsp3) is 0.462. The lowest BCUT2D eigenvalue weighted by molar-refractivity contribution is 0.181. The summed E-state index contributed by atoms with van der Waals surface area (Å²) >= 11 is 6.93. The summed E-state index contributed by atoms with van der Waals surface area (Å²) < 4.78 is 6.39. The van der Waals surface area contributed by atoms with E-state index in [2.05, 4.69) is 44.6 Å². The molecule has 0 bridgehead atoms. The number of hydrogen-bond acceptors (Lipinski definition) is 6. The van der Waals surface area contributed by atoms with E-state index in [1.807, 2.05) is 7.05 Å². The molecule has 0 spiro atoms. The van der Waals surface area contributed by atoms with Gasteiger partial charge in [0.25, 0.3) is 0 Å². The molecule has 0 unspecified atom stereocenters. The number of rotatable bonds is 7. The van der Waals surface area contributed by atoms with Gasteiger partial charge in [-0.2, -0.15) is 0 Å². The molecule has 0 aliphatic carbocycles. The van der Waals surface area contributed by atoms with Gasteiger partial charge in [0, 0.05) is 32.1 Å². The molecule has 2 aromatic heterocycles. The Morgan fingerprint density at radius 3 is 2.90 bits per heavy atom. The molecular formula is C13H18BrN3OS2. The van der Waals surface area contributed by atoms with Crippen LogP contribution in [0.25, 0.3) is 0 Å². The van der Waals surface area contributed by atoms with Crippen molar-refractivity contribution in [3.05, 3.63) is 31.4 Å². The zero-order chi connectivity index (χ0) is 14.5. The fourth-order valence-corrected chi connectivity index (χ4v) is 4.09. The van der Waals surface area contributed by atoms with E-state index < -0.39 is 0 Å². The molecule has 1 N–H and O–H groups in total. The molecule has 0 aliphatic rings. The lowest BCUT2D eigenvalue weighted by Gasteiger charge is -2.14. The van der Waals surface area contributed by atoms with E-state index in [0.717, 1.165) is 27.7 Å². The molecule has 0 aliphatic heterocycles. The van der Waals surface area contributed by atoms with Crippen LogP contribution in [0.2, 0.25) is 0 Å². The molecule has 2 aromatic rings. The van der Waals surface area contributed by atoms with E-state index in [4.69, 9.17) is 9.72 Å². The SMILES string of the molecule is CNCc1sc(N(C)Cc2csc(Br)c2)nc1COC. The van der Waals surface area contributed by atoms with Crippen molar-refractivity contribution in [1.82, 2.24) is 10.3 Å². The Morgan fingerprint density at radius 1 is 1.50 bits per heavy atom. The van der Waals surface area contributed by atoms with E-state index in [1.165, 1.54) is 10.4 Å². The lowest BCUT2D eigenvalue weighted by atomic mass is 10.3. The van der Waals surface area contributed by atoms with Crippen molar-refractivity contribution in [3.8, 4) is 0 Å². The third-order valence-electron chi connectivity index (χ3n) is 2.75. The van der Waals surface area contributed by atoms with Gasteiger partial charge in [-0.25, -0.2) is 4.98 Å². The van der Waals surface area contributed by atoms with Crippen molar-refractivity contribution >= 4 is 43.7 Å². The number of nitrogens with one attached hydrogen (secondary N) is 1. The van der Waals surface area contributed by atoms with Crippen LogP contribution in [0.15, 0.2) is 15.2 Å². The number of aromatic nitrogens is 1. The topological polar surface area (TPSA) is 37.4 Å². The Balaban J connectivity index is 2.12. The van der Waals surface area contributed by atoms with Gasteiger partial charge < -0.3 is 15.0 Å². The second-order valence-corrected chi connectivity index (χ2v) is 7.80. The summed E-state index contributed by atoms with van der Waals surface area (Å²) in [6, 6.07) is 2.15. The van der Waals surface area contributed by atoms with Gasteiger partial charge in [-0.3, -0.25) is 0 Å². The van der Waals surface area contributed by atoms with Crippen LogP contribution in [0.5, 0.6) is 0 Å². The van der Waals surface area contributed by atoms with Crippen LogP contribution >= 0.6 is 38.6 Å². The largest absolute Gasteiger partial charge is 0.378 e. The minimum atomic E-state index is 0.561. The molecule has 110 valence electrons. The summed E-state index contributed by atoms with van der Waals surface area (Å²) in [5.74, 6) is 0. The summed E-state index contributed by atoms with van der Waals surface area (Å²) in [6.45, 7) is 2.25. The Bertz CT molecular complexity index is 532. The van der Waals surface area contributed by atoms with Gasteiger partial charge in [0.15, 0.2) is 5.13 Å². The van der Waals surface area contributed by atoms with Crippen LogP contribution in [-0.2, 0) is 24.4 Å². The molecular weight excluding hydrogens is 358 g/mol. The van der Waals surface area contributed by atoms with Crippen LogP contribution in [0, 0.1) is 0 Å². The van der Waals surface area contributed by atoms with E-state index in [1.54, 1.807) is 29.8 Å². The molecule has 2 heterocycles. The molecule has 2 rings (SSSR count). The number of hydrogen-bond donors (Lipinski definition) is 1. The minimum Gasteiger partial charge on any atom is -0.378 e. The summed E-state index contributed by atoms with van der Waals surface area (Å²) in [6.07, 6.45) is 0. The monoisotopic (exact) mass is 375 g/mol. The van der Waals surface area contributed by atoms with Crippen LogP contribution in [0.3, 0.4) is 0 Å². The number of methoxy groups -OCH3 is 1. The molecule has 4 nitrogen and oxygen atoms in total. The Labute approximate surface area is 135 Å². The lowest BCUT2D eigenvalue weighted by Crippen LogP contribution is -2.15. The van der Waals surface area contributed by atoms with E-state index in [0.29, 0.717) is 6.61 Å². The highest BCUT2D eigenvalue weighted by Gasteiger charge is 2.14. The van der Waals surface area contributed by atoms with Crippen molar-refractivity contribution in [3.63, 3.8) is 0 Å². The van der Waals surface area contributed by atoms with Crippen molar-refractivity contribution in [2.75, 3.05) is 26.1 Å². The highest BCUT2D eigenvalue weighted by atomic mass is 79.9. The third kappa shape index (κ3) is 4.02. The number of ether oxygens (including phenoxy) is 1. The predicted octanol–water partition coefficient (Wildman–Crippen LogP) is 3.47. The molecule has 0 atom stereocenters. The standard InChI is InChI=1S/C13H18BrN3OS2/c1-15-5-11-10(7-18-3)16-13(20-11)17(2)6-9-4-12(14)19-8-9/h4,8,15H,5-7H2,1-3H3. The van der Waals surface area contributed by atoms with Gasteiger partial charge in [0.1, 0.15) is 0 Å². The zero-order valence-corrected chi connectivity index (χ0v) is 15.0. The fourth-order valence-electron chi connectivity index (χ4n) is 1.85. The number of halogens is 1. The minimum absolute atomic E-state index is 0.561. The Hall–Kier alpha value is -0.470. The number of anilines is 1. The number of nitrogens with zero attached hydrogens (tertiary/aromatic N) is 2. The van der Waals surface area contributed by atoms with Crippen molar-refractivity contribution in [1.29, 1.82) is 0 Å². The van der Waals surface area contributed by atoms with Crippen LogP contribution in [-0.4, -0.2) is 26.2 Å². The normalized spacial score (nSPS) is 11.0. The quantitative estimate of drug-likeness (QED) is 0.803. The van der Waals surface area contributed by atoms with Crippen molar-refractivity contribution < 1.29 is 4.74 Å². The van der Waals surface area contributed by atoms with Gasteiger partial charge in [0.2, 0.25) is 0 Å². The molecule has 0 saturated heterocycles. The molecule has 0 radical (unpaired) electrons. The van der Waals surface area contributed by atoms with Gasteiger partial charge in [-0.15, -0.1) is 22.7 Å². The van der Waals surface area contributed by atoms with E-state index >= 15 is 0 Å². The highest BCUT2D eigenvalue weighted by Crippen LogP contribution is 2.28. The van der Waals surface area contributed by atoms with Gasteiger partial charge in [-0.1, -0.05) is 0 Å². The van der Waals surface area contributed by atoms with E-state index in [9.17, 15) is 0 Å². The molecule has 0 amide bonds. The Kier molecular flexibility index (Phi) is 5.98. The summed E-state index contributed by atoms with van der Waals surface area (Å²) in [7, 11) is 5.72. The van der Waals surface area contributed by atoms with Crippen molar-refractivity contribution in [2.45, 2.75) is 19.7 Å². The number of thiazole rings is 1. The first-order chi connectivity index (χ1) is 9.63. The summed E-state index contributed by atoms with van der Waals surface area (Å²) in [5, 5.41) is 6.38. The third-order valence-corrected chi connectivity index (χ3v) is 5.52. The average molecular weight is 376 g/mol.